The average molecular weight is 371 g/mol. The van der Waals surface area contributed by atoms with E-state index in [2.05, 4.69) is 0 Å². The smallest absolute Gasteiger partial charge is 0.336 e. The van der Waals surface area contributed by atoms with Crippen LogP contribution in [0.15, 0.2) is 33.5 Å². The van der Waals surface area contributed by atoms with Crippen LogP contribution in [0.1, 0.15) is 39.6 Å². The minimum absolute atomic E-state index is 0.0838. The van der Waals surface area contributed by atoms with E-state index in [-0.39, 0.29) is 25.2 Å². The largest absolute Gasteiger partial charge is 0.454 e. The molecule has 1 aromatic heterocycles. The Morgan fingerprint density at radius 2 is 1.96 bits per heavy atom. The standard InChI is InChI=1S/C20H21NO6/c1-11-7-18(23)27-12(2)19(11)20(24)21-6-5-14(15(22)9-21)13-3-4-16-17(8-13)26-10-25-16/h3-4,7-8,14-15,22H,5-6,9-10H2,1-2H3. The first kappa shape index (κ1) is 17.6. The highest BCUT2D eigenvalue weighted by Gasteiger charge is 2.33. The van der Waals surface area contributed by atoms with Crippen LogP contribution in [0.4, 0.5) is 0 Å². The Hall–Kier alpha value is -2.80. The lowest BCUT2D eigenvalue weighted by atomic mass is 9.86. The van der Waals surface area contributed by atoms with Gasteiger partial charge in [-0.05, 0) is 43.5 Å². The van der Waals surface area contributed by atoms with Crippen LogP contribution in [0, 0.1) is 13.8 Å². The number of likely N-dealkylation sites (tertiary alicyclic amines) is 1. The van der Waals surface area contributed by atoms with Gasteiger partial charge >= 0.3 is 5.63 Å². The molecule has 142 valence electrons. The van der Waals surface area contributed by atoms with Crippen molar-refractivity contribution < 1.29 is 23.8 Å². The molecule has 27 heavy (non-hydrogen) atoms. The van der Waals surface area contributed by atoms with Crippen LogP contribution in [0.5, 0.6) is 11.5 Å². The number of carbonyl (C=O) groups excluding carboxylic acids is 1. The number of aryl methyl sites for hydroxylation is 2. The quantitative estimate of drug-likeness (QED) is 0.868. The number of nitrogens with zero attached hydrogens (tertiary/aromatic N) is 1. The molecule has 0 aliphatic carbocycles. The van der Waals surface area contributed by atoms with Crippen molar-refractivity contribution in [3.63, 3.8) is 0 Å². The van der Waals surface area contributed by atoms with Crippen molar-refractivity contribution >= 4 is 5.91 Å². The molecule has 7 nitrogen and oxygen atoms in total. The first-order valence-electron chi connectivity index (χ1n) is 8.92. The topological polar surface area (TPSA) is 89.2 Å². The maximum absolute atomic E-state index is 12.9. The summed E-state index contributed by atoms with van der Waals surface area (Å²) in [7, 11) is 0. The van der Waals surface area contributed by atoms with Gasteiger partial charge in [0.15, 0.2) is 11.5 Å². The molecule has 7 heteroatoms. The Balaban J connectivity index is 1.52. The molecule has 3 heterocycles. The molecule has 0 saturated carbocycles. The van der Waals surface area contributed by atoms with Crippen molar-refractivity contribution in [2.75, 3.05) is 19.9 Å². The van der Waals surface area contributed by atoms with Crippen LogP contribution < -0.4 is 15.1 Å². The Labute approximate surface area is 156 Å². The molecule has 1 amide bonds. The number of benzene rings is 1. The fourth-order valence-corrected chi connectivity index (χ4v) is 3.88. The molecule has 1 aromatic carbocycles. The zero-order chi connectivity index (χ0) is 19.1. The molecular weight excluding hydrogens is 350 g/mol. The number of rotatable bonds is 2. The summed E-state index contributed by atoms with van der Waals surface area (Å²) in [4.78, 5) is 26.0. The third-order valence-corrected chi connectivity index (χ3v) is 5.24. The SMILES string of the molecule is Cc1cc(=O)oc(C)c1C(=O)N1CCC(c2ccc3c(c2)OCO3)C(O)C1. The summed E-state index contributed by atoms with van der Waals surface area (Å²) in [6, 6.07) is 6.99. The van der Waals surface area contributed by atoms with E-state index in [0.717, 1.165) is 5.56 Å². The fraction of sp³-hybridized carbons (Fsp3) is 0.400. The molecule has 1 fully saturated rings. The van der Waals surface area contributed by atoms with E-state index >= 15 is 0 Å². The first-order valence-corrected chi connectivity index (χ1v) is 8.92. The lowest BCUT2D eigenvalue weighted by Crippen LogP contribution is -2.46. The molecule has 0 spiro atoms. The summed E-state index contributed by atoms with van der Waals surface area (Å²) in [6.07, 6.45) is -0.0686. The third-order valence-electron chi connectivity index (χ3n) is 5.24. The molecule has 0 radical (unpaired) electrons. The molecule has 2 aliphatic rings. The fourth-order valence-electron chi connectivity index (χ4n) is 3.88. The second-order valence-corrected chi connectivity index (χ2v) is 7.01. The molecule has 2 aliphatic heterocycles. The average Bonchev–Trinajstić information content (AvgIpc) is 3.08. The van der Waals surface area contributed by atoms with E-state index in [9.17, 15) is 14.7 Å². The molecule has 0 bridgehead atoms. The Morgan fingerprint density at radius 3 is 2.70 bits per heavy atom. The maximum Gasteiger partial charge on any atom is 0.336 e. The molecule has 2 aromatic rings. The first-order chi connectivity index (χ1) is 12.9. The number of amides is 1. The van der Waals surface area contributed by atoms with E-state index in [1.54, 1.807) is 18.7 Å². The third kappa shape index (κ3) is 3.19. The van der Waals surface area contributed by atoms with Crippen molar-refractivity contribution in [1.29, 1.82) is 0 Å². The molecule has 2 unspecified atom stereocenters. The normalized spacial score (nSPS) is 21.4. The second kappa shape index (κ2) is 6.74. The van der Waals surface area contributed by atoms with Crippen molar-refractivity contribution in [1.82, 2.24) is 4.90 Å². The number of aliphatic hydroxyl groups excluding tert-OH is 1. The number of β-amino-alcohol motifs (C(OH)–C–C–N with tert-alkyl or cyclic N) is 1. The number of piperidine rings is 1. The number of ether oxygens (including phenoxy) is 2. The second-order valence-electron chi connectivity index (χ2n) is 7.01. The van der Waals surface area contributed by atoms with Gasteiger partial charge in [-0.3, -0.25) is 4.79 Å². The van der Waals surface area contributed by atoms with E-state index in [4.69, 9.17) is 13.9 Å². The van der Waals surface area contributed by atoms with E-state index in [0.29, 0.717) is 41.4 Å². The highest BCUT2D eigenvalue weighted by Crippen LogP contribution is 2.37. The summed E-state index contributed by atoms with van der Waals surface area (Å²) in [6.45, 7) is 4.26. The number of hydrogen-bond acceptors (Lipinski definition) is 6. The van der Waals surface area contributed by atoms with Gasteiger partial charge in [-0.1, -0.05) is 6.07 Å². The minimum Gasteiger partial charge on any atom is -0.454 e. The van der Waals surface area contributed by atoms with Gasteiger partial charge in [0.2, 0.25) is 6.79 Å². The van der Waals surface area contributed by atoms with Gasteiger partial charge < -0.3 is 23.9 Å². The number of carbonyl (C=O) groups is 1. The van der Waals surface area contributed by atoms with Crippen LogP contribution in [-0.2, 0) is 0 Å². The van der Waals surface area contributed by atoms with Crippen LogP contribution in [-0.4, -0.2) is 41.9 Å². The number of aliphatic hydroxyl groups is 1. The summed E-state index contributed by atoms with van der Waals surface area (Å²) < 4.78 is 15.8. The maximum atomic E-state index is 12.9. The summed E-state index contributed by atoms with van der Waals surface area (Å²) in [5.41, 5.74) is 1.48. The Bertz CT molecular complexity index is 924. The van der Waals surface area contributed by atoms with Gasteiger partial charge in [-0.15, -0.1) is 0 Å². The zero-order valence-corrected chi connectivity index (χ0v) is 15.2. The summed E-state index contributed by atoms with van der Waals surface area (Å²) in [5, 5.41) is 10.7. The van der Waals surface area contributed by atoms with Crippen molar-refractivity contribution in [3.05, 3.63) is 57.1 Å². The summed E-state index contributed by atoms with van der Waals surface area (Å²) in [5.74, 6) is 1.38. The molecule has 2 atom stereocenters. The van der Waals surface area contributed by atoms with Gasteiger partial charge in [-0.25, -0.2) is 4.79 Å². The highest BCUT2D eigenvalue weighted by atomic mass is 16.7. The number of hydrogen-bond donors (Lipinski definition) is 1. The van der Waals surface area contributed by atoms with Gasteiger partial charge in [0.05, 0.1) is 11.7 Å². The van der Waals surface area contributed by atoms with Crippen molar-refractivity contribution in [3.8, 4) is 11.5 Å². The lowest BCUT2D eigenvalue weighted by Gasteiger charge is -2.36. The predicted octanol–water partition coefficient (Wildman–Crippen LogP) is 1.98. The Morgan fingerprint density at radius 1 is 1.19 bits per heavy atom. The van der Waals surface area contributed by atoms with Crippen LogP contribution in [0.2, 0.25) is 0 Å². The molecule has 1 saturated heterocycles. The van der Waals surface area contributed by atoms with Crippen molar-refractivity contribution in [2.45, 2.75) is 32.3 Å². The molecule has 1 N–H and O–H groups in total. The van der Waals surface area contributed by atoms with Gasteiger partial charge in [-0.2, -0.15) is 0 Å². The van der Waals surface area contributed by atoms with E-state index in [1.807, 2.05) is 18.2 Å². The van der Waals surface area contributed by atoms with E-state index < -0.39 is 11.7 Å². The van der Waals surface area contributed by atoms with Crippen molar-refractivity contribution in [2.24, 2.45) is 0 Å². The Kier molecular flexibility index (Phi) is 4.39. The number of fused-ring (bicyclic) bond motifs is 1. The van der Waals surface area contributed by atoms with Gasteiger partial charge in [0, 0.05) is 25.1 Å². The van der Waals surface area contributed by atoms with Crippen LogP contribution in [0.25, 0.3) is 0 Å². The predicted molar refractivity (Wildman–Crippen MR) is 96.3 cm³/mol. The minimum atomic E-state index is -0.695. The monoisotopic (exact) mass is 371 g/mol. The highest BCUT2D eigenvalue weighted by molar-refractivity contribution is 5.96. The van der Waals surface area contributed by atoms with Gasteiger partial charge in [0.25, 0.3) is 5.91 Å². The zero-order valence-electron chi connectivity index (χ0n) is 15.2. The molecular formula is C20H21NO6. The van der Waals surface area contributed by atoms with Crippen LogP contribution in [0.3, 0.4) is 0 Å². The lowest BCUT2D eigenvalue weighted by molar-refractivity contribution is 0.0378. The van der Waals surface area contributed by atoms with Gasteiger partial charge in [0.1, 0.15) is 5.76 Å². The summed E-state index contributed by atoms with van der Waals surface area (Å²) >= 11 is 0. The van der Waals surface area contributed by atoms with E-state index in [1.165, 1.54) is 6.07 Å². The van der Waals surface area contributed by atoms with Crippen LogP contribution >= 0.6 is 0 Å². The molecule has 4 rings (SSSR count).